The largest absolute Gasteiger partial charge is 0.497 e. The van der Waals surface area contributed by atoms with Crippen molar-refractivity contribution in [2.24, 2.45) is 0 Å². The Morgan fingerprint density at radius 3 is 2.33 bits per heavy atom. The van der Waals surface area contributed by atoms with Crippen LogP contribution in [0.4, 0.5) is 18.9 Å². The molecule has 0 saturated carbocycles. The number of nitrogens with one attached hydrogen (secondary N) is 1. The molecule has 158 valence electrons. The molecule has 0 atom stereocenters. The molecule has 1 N–H and O–H groups in total. The lowest BCUT2D eigenvalue weighted by Crippen LogP contribution is -2.15. The number of hydrogen-bond donors (Lipinski definition) is 1. The Labute approximate surface area is 172 Å². The summed E-state index contributed by atoms with van der Waals surface area (Å²) < 4.78 is 52.3. The number of aryl methyl sites for hydroxylation is 1. The smallest absolute Gasteiger partial charge is 0.418 e. The van der Waals surface area contributed by atoms with Gasteiger partial charge in [-0.2, -0.15) is 13.2 Å². The van der Waals surface area contributed by atoms with Gasteiger partial charge in [0, 0.05) is 17.5 Å². The Morgan fingerprint density at radius 2 is 1.70 bits per heavy atom. The number of methoxy groups -OCH3 is 2. The van der Waals surface area contributed by atoms with Crippen molar-refractivity contribution in [3.8, 4) is 17.2 Å². The molecule has 8 heteroatoms. The van der Waals surface area contributed by atoms with E-state index in [2.05, 4.69) is 5.32 Å². The predicted octanol–water partition coefficient (Wildman–Crippen LogP) is 5.38. The molecular weight excluding hydrogens is 397 g/mol. The maximum absolute atomic E-state index is 13.5. The van der Waals surface area contributed by atoms with Gasteiger partial charge in [-0.1, -0.05) is 12.1 Å². The van der Waals surface area contributed by atoms with Crippen LogP contribution in [0.2, 0.25) is 0 Å². The molecule has 1 heterocycles. The molecule has 0 spiro atoms. The van der Waals surface area contributed by atoms with Crippen molar-refractivity contribution >= 4 is 11.6 Å². The zero-order valence-corrected chi connectivity index (χ0v) is 16.9. The van der Waals surface area contributed by atoms with Gasteiger partial charge in [0.25, 0.3) is 5.91 Å². The molecule has 0 saturated heterocycles. The summed E-state index contributed by atoms with van der Waals surface area (Å²) in [7, 11) is 2.97. The first-order chi connectivity index (χ1) is 14.2. The molecule has 3 rings (SSSR count). The number of halogens is 3. The number of benzene rings is 2. The Kier molecular flexibility index (Phi) is 5.78. The normalized spacial score (nSPS) is 11.3. The number of aromatic nitrogens is 1. The van der Waals surface area contributed by atoms with Crippen molar-refractivity contribution < 1.29 is 27.4 Å². The zero-order chi connectivity index (χ0) is 22.1. The van der Waals surface area contributed by atoms with Crippen LogP contribution >= 0.6 is 0 Å². The van der Waals surface area contributed by atoms with E-state index in [1.165, 1.54) is 37.0 Å². The summed E-state index contributed by atoms with van der Waals surface area (Å²) in [6, 6.07) is 11.8. The van der Waals surface area contributed by atoms with Gasteiger partial charge in [-0.3, -0.25) is 4.79 Å². The molecule has 2 aromatic carbocycles. The molecule has 0 radical (unpaired) electrons. The predicted molar refractivity (Wildman–Crippen MR) is 108 cm³/mol. The van der Waals surface area contributed by atoms with E-state index in [1.807, 2.05) is 0 Å². The number of para-hydroxylation sites is 1. The molecule has 1 aromatic heterocycles. The Balaban J connectivity index is 2.03. The molecule has 5 nitrogen and oxygen atoms in total. The Hall–Kier alpha value is -3.42. The number of amides is 1. The number of carbonyl (C=O) groups is 1. The van der Waals surface area contributed by atoms with Crippen LogP contribution in [0.3, 0.4) is 0 Å². The van der Waals surface area contributed by atoms with E-state index >= 15 is 0 Å². The second kappa shape index (κ2) is 8.14. The van der Waals surface area contributed by atoms with E-state index in [4.69, 9.17) is 9.47 Å². The van der Waals surface area contributed by atoms with Crippen LogP contribution in [-0.4, -0.2) is 24.7 Å². The monoisotopic (exact) mass is 418 g/mol. The highest BCUT2D eigenvalue weighted by Gasteiger charge is 2.34. The lowest BCUT2D eigenvalue weighted by Gasteiger charge is -2.17. The molecule has 0 bridgehead atoms. The first kappa shape index (κ1) is 21.3. The fourth-order valence-corrected chi connectivity index (χ4v) is 3.37. The standard InChI is InChI=1S/C22H21F3N2O3/c1-13-11-16(21(28)26-18-12-15(29-3)9-10-20(18)30-4)14(2)27(13)19-8-6-5-7-17(19)22(23,24)25/h5-12H,1-4H3,(H,26,28). The van der Waals surface area contributed by atoms with Gasteiger partial charge in [-0.25, -0.2) is 0 Å². The number of rotatable bonds is 5. The number of anilines is 1. The first-order valence-corrected chi connectivity index (χ1v) is 9.06. The summed E-state index contributed by atoms with van der Waals surface area (Å²) in [5, 5.41) is 2.75. The van der Waals surface area contributed by atoms with Crippen molar-refractivity contribution in [3.05, 3.63) is 71.0 Å². The topological polar surface area (TPSA) is 52.5 Å². The molecule has 1 amide bonds. The van der Waals surface area contributed by atoms with Crippen molar-refractivity contribution in [1.29, 1.82) is 0 Å². The Morgan fingerprint density at radius 1 is 1.00 bits per heavy atom. The first-order valence-electron chi connectivity index (χ1n) is 9.06. The van der Waals surface area contributed by atoms with Gasteiger partial charge in [0.05, 0.1) is 36.7 Å². The summed E-state index contributed by atoms with van der Waals surface area (Å²) in [4.78, 5) is 12.9. The SMILES string of the molecule is COc1ccc(OC)c(NC(=O)c2cc(C)n(-c3ccccc3C(F)(F)F)c2C)c1. The lowest BCUT2D eigenvalue weighted by molar-refractivity contribution is -0.137. The molecule has 0 aliphatic heterocycles. The highest BCUT2D eigenvalue weighted by Crippen LogP contribution is 2.36. The number of nitrogens with zero attached hydrogens (tertiary/aromatic N) is 1. The van der Waals surface area contributed by atoms with E-state index in [9.17, 15) is 18.0 Å². The van der Waals surface area contributed by atoms with Crippen molar-refractivity contribution in [1.82, 2.24) is 4.57 Å². The highest BCUT2D eigenvalue weighted by atomic mass is 19.4. The van der Waals surface area contributed by atoms with Crippen LogP contribution in [0.25, 0.3) is 5.69 Å². The molecule has 0 unspecified atom stereocenters. The lowest BCUT2D eigenvalue weighted by atomic mass is 10.1. The molecular formula is C22H21F3N2O3. The van der Waals surface area contributed by atoms with E-state index < -0.39 is 17.6 Å². The zero-order valence-electron chi connectivity index (χ0n) is 16.9. The second-order valence-electron chi connectivity index (χ2n) is 6.66. The third-order valence-corrected chi connectivity index (χ3v) is 4.78. The molecule has 0 fully saturated rings. The number of hydrogen-bond acceptors (Lipinski definition) is 3. The number of alkyl halides is 3. The van der Waals surface area contributed by atoms with E-state index in [-0.39, 0.29) is 11.3 Å². The van der Waals surface area contributed by atoms with Gasteiger partial charge in [0.15, 0.2) is 0 Å². The van der Waals surface area contributed by atoms with Gasteiger partial charge in [0.1, 0.15) is 11.5 Å². The van der Waals surface area contributed by atoms with Gasteiger partial charge in [-0.05, 0) is 44.2 Å². The van der Waals surface area contributed by atoms with Crippen LogP contribution < -0.4 is 14.8 Å². The van der Waals surface area contributed by atoms with Crippen LogP contribution in [0, 0.1) is 13.8 Å². The van der Waals surface area contributed by atoms with Crippen molar-refractivity contribution in [2.45, 2.75) is 20.0 Å². The summed E-state index contributed by atoms with van der Waals surface area (Å²) in [5.74, 6) is 0.487. The third kappa shape index (κ3) is 3.98. The maximum Gasteiger partial charge on any atom is 0.418 e. The van der Waals surface area contributed by atoms with Crippen molar-refractivity contribution in [2.75, 3.05) is 19.5 Å². The minimum absolute atomic E-state index is 0.0296. The highest BCUT2D eigenvalue weighted by molar-refractivity contribution is 6.06. The molecule has 0 aliphatic carbocycles. The number of carbonyl (C=O) groups excluding carboxylic acids is 1. The van der Waals surface area contributed by atoms with Crippen LogP contribution in [0.15, 0.2) is 48.5 Å². The fourth-order valence-electron chi connectivity index (χ4n) is 3.37. The maximum atomic E-state index is 13.5. The van der Waals surface area contributed by atoms with Gasteiger partial charge < -0.3 is 19.4 Å². The van der Waals surface area contributed by atoms with Crippen LogP contribution in [0.5, 0.6) is 11.5 Å². The molecule has 3 aromatic rings. The second-order valence-corrected chi connectivity index (χ2v) is 6.66. The Bertz CT molecular complexity index is 1090. The molecule has 0 aliphatic rings. The summed E-state index contributed by atoms with van der Waals surface area (Å²) in [6.07, 6.45) is -4.52. The minimum atomic E-state index is -4.52. The van der Waals surface area contributed by atoms with Crippen molar-refractivity contribution in [3.63, 3.8) is 0 Å². The van der Waals surface area contributed by atoms with Gasteiger partial charge in [0.2, 0.25) is 0 Å². The van der Waals surface area contributed by atoms with Crippen LogP contribution in [0.1, 0.15) is 27.3 Å². The average molecular weight is 418 g/mol. The fraction of sp³-hybridized carbons (Fsp3) is 0.227. The quantitative estimate of drug-likeness (QED) is 0.605. The van der Waals surface area contributed by atoms with E-state index in [0.29, 0.717) is 28.6 Å². The summed E-state index contributed by atoms with van der Waals surface area (Å²) in [5.41, 5.74) is 0.749. The van der Waals surface area contributed by atoms with Crippen LogP contribution in [-0.2, 0) is 6.18 Å². The van der Waals surface area contributed by atoms with E-state index in [0.717, 1.165) is 6.07 Å². The van der Waals surface area contributed by atoms with Gasteiger partial charge >= 0.3 is 6.18 Å². The average Bonchev–Trinajstić information content (AvgIpc) is 3.01. The number of ether oxygens (including phenoxy) is 2. The third-order valence-electron chi connectivity index (χ3n) is 4.78. The minimum Gasteiger partial charge on any atom is -0.497 e. The molecule has 30 heavy (non-hydrogen) atoms. The summed E-state index contributed by atoms with van der Waals surface area (Å²) >= 11 is 0. The van der Waals surface area contributed by atoms with Gasteiger partial charge in [-0.15, -0.1) is 0 Å². The summed E-state index contributed by atoms with van der Waals surface area (Å²) in [6.45, 7) is 3.26. The van der Waals surface area contributed by atoms with E-state index in [1.54, 1.807) is 38.1 Å².